The third-order valence-corrected chi connectivity index (χ3v) is 5.27. The Labute approximate surface area is 125 Å². The normalized spacial score (nSPS) is 17.2. The summed E-state index contributed by atoms with van der Waals surface area (Å²) < 4.78 is 24.4. The van der Waals surface area contributed by atoms with Gasteiger partial charge in [-0.1, -0.05) is 12.1 Å². The van der Waals surface area contributed by atoms with Gasteiger partial charge in [0.15, 0.2) is 0 Å². The number of hydrogen-bond donors (Lipinski definition) is 1. The third kappa shape index (κ3) is 3.54. The molecule has 21 heavy (non-hydrogen) atoms. The zero-order valence-corrected chi connectivity index (χ0v) is 13.0. The van der Waals surface area contributed by atoms with E-state index in [4.69, 9.17) is 0 Å². The molecular weight excluding hydrogens is 292 g/mol. The summed E-state index contributed by atoms with van der Waals surface area (Å²) in [6.45, 7) is 0.968. The van der Waals surface area contributed by atoms with E-state index in [9.17, 15) is 18.3 Å². The van der Waals surface area contributed by atoms with Gasteiger partial charge in [-0.25, -0.2) is 12.7 Å². The molecule has 0 bridgehead atoms. The van der Waals surface area contributed by atoms with Crippen LogP contribution in [0.2, 0.25) is 0 Å². The Morgan fingerprint density at radius 1 is 1.29 bits per heavy atom. The number of amides is 1. The fourth-order valence-electron chi connectivity index (χ4n) is 2.53. The summed E-state index contributed by atoms with van der Waals surface area (Å²) in [6, 6.07) is 6.37. The molecule has 1 aromatic rings. The second kappa shape index (κ2) is 6.03. The quantitative estimate of drug-likeness (QED) is 0.899. The van der Waals surface area contributed by atoms with Gasteiger partial charge in [0, 0.05) is 26.2 Å². The first-order valence-corrected chi connectivity index (χ1v) is 8.66. The van der Waals surface area contributed by atoms with Crippen LogP contribution < -0.4 is 0 Å². The molecule has 1 heterocycles. The number of nitrogens with zero attached hydrogens (tertiary/aromatic N) is 2. The monoisotopic (exact) mass is 312 g/mol. The lowest BCUT2D eigenvalue weighted by Gasteiger charge is -2.35. The molecule has 0 aromatic heterocycles. The highest BCUT2D eigenvalue weighted by Crippen LogP contribution is 2.22. The van der Waals surface area contributed by atoms with E-state index in [0.717, 1.165) is 0 Å². The summed E-state index contributed by atoms with van der Waals surface area (Å²) >= 11 is 0. The van der Waals surface area contributed by atoms with E-state index >= 15 is 0 Å². The van der Waals surface area contributed by atoms with E-state index in [0.29, 0.717) is 25.9 Å². The van der Waals surface area contributed by atoms with Gasteiger partial charge >= 0.3 is 0 Å². The predicted molar refractivity (Wildman–Crippen MR) is 79.6 cm³/mol. The van der Waals surface area contributed by atoms with Crippen molar-refractivity contribution in [2.45, 2.75) is 18.9 Å². The van der Waals surface area contributed by atoms with Crippen LogP contribution in [0.1, 0.15) is 23.2 Å². The summed E-state index contributed by atoms with van der Waals surface area (Å²) in [6.07, 6.45) is 2.39. The fraction of sp³-hybridized carbons (Fsp3) is 0.500. The molecule has 6 nitrogen and oxygen atoms in total. The van der Waals surface area contributed by atoms with Crippen molar-refractivity contribution in [1.82, 2.24) is 9.21 Å². The van der Waals surface area contributed by atoms with Crippen molar-refractivity contribution in [2.24, 2.45) is 0 Å². The SMILES string of the molecule is CN(C1CCN(C(=O)c2ccccc2O)CC1)S(C)(=O)=O. The summed E-state index contributed by atoms with van der Waals surface area (Å²) in [5, 5.41) is 9.72. The van der Waals surface area contributed by atoms with Crippen molar-refractivity contribution in [3.05, 3.63) is 29.8 Å². The van der Waals surface area contributed by atoms with E-state index in [2.05, 4.69) is 0 Å². The molecule has 1 aliphatic rings. The van der Waals surface area contributed by atoms with Crippen molar-refractivity contribution < 1.29 is 18.3 Å². The first-order valence-electron chi connectivity index (χ1n) is 6.81. The van der Waals surface area contributed by atoms with E-state index in [1.165, 1.54) is 16.6 Å². The molecule has 0 radical (unpaired) electrons. The summed E-state index contributed by atoms with van der Waals surface area (Å²) in [7, 11) is -1.64. The van der Waals surface area contributed by atoms with Crippen LogP contribution in [-0.2, 0) is 10.0 Å². The molecule has 0 spiro atoms. The van der Waals surface area contributed by atoms with Crippen LogP contribution in [0.25, 0.3) is 0 Å². The van der Waals surface area contributed by atoms with E-state index in [-0.39, 0.29) is 23.3 Å². The highest BCUT2D eigenvalue weighted by atomic mass is 32.2. The highest BCUT2D eigenvalue weighted by Gasteiger charge is 2.29. The Balaban J connectivity index is 2.02. The Hall–Kier alpha value is -1.60. The summed E-state index contributed by atoms with van der Waals surface area (Å²) in [4.78, 5) is 14.0. The average molecular weight is 312 g/mol. The Kier molecular flexibility index (Phi) is 4.53. The van der Waals surface area contributed by atoms with Crippen LogP contribution in [0.3, 0.4) is 0 Å². The molecule has 0 aliphatic carbocycles. The van der Waals surface area contributed by atoms with Crippen molar-refractivity contribution in [3.63, 3.8) is 0 Å². The van der Waals surface area contributed by atoms with Gasteiger partial charge in [0.2, 0.25) is 10.0 Å². The zero-order chi connectivity index (χ0) is 15.6. The second-order valence-electron chi connectivity index (χ2n) is 5.32. The zero-order valence-electron chi connectivity index (χ0n) is 12.2. The maximum Gasteiger partial charge on any atom is 0.257 e. The van der Waals surface area contributed by atoms with Crippen LogP contribution in [-0.4, -0.2) is 61.1 Å². The topological polar surface area (TPSA) is 77.9 Å². The second-order valence-corrected chi connectivity index (χ2v) is 7.36. The smallest absolute Gasteiger partial charge is 0.257 e. The number of rotatable bonds is 3. The number of hydrogen-bond acceptors (Lipinski definition) is 4. The number of carbonyl (C=O) groups is 1. The molecule has 0 atom stereocenters. The fourth-order valence-corrected chi connectivity index (χ4v) is 3.28. The van der Waals surface area contributed by atoms with Crippen molar-refractivity contribution >= 4 is 15.9 Å². The number of sulfonamides is 1. The lowest BCUT2D eigenvalue weighted by Crippen LogP contribution is -2.47. The van der Waals surface area contributed by atoms with Crippen molar-refractivity contribution in [1.29, 1.82) is 0 Å². The molecule has 1 N–H and O–H groups in total. The number of carbonyl (C=O) groups excluding carboxylic acids is 1. The molecular formula is C14H20N2O4S. The standard InChI is InChI=1S/C14H20N2O4S/c1-15(21(2,19)20)11-7-9-16(10-8-11)14(18)12-5-3-4-6-13(12)17/h3-6,11,17H,7-10H2,1-2H3. The molecule has 1 saturated heterocycles. The average Bonchev–Trinajstić information content (AvgIpc) is 2.45. The minimum Gasteiger partial charge on any atom is -0.507 e. The first-order chi connectivity index (χ1) is 9.80. The van der Waals surface area contributed by atoms with E-state index in [1.807, 2.05) is 0 Å². The van der Waals surface area contributed by atoms with Gasteiger partial charge in [-0.2, -0.15) is 0 Å². The van der Waals surface area contributed by atoms with Crippen LogP contribution in [0, 0.1) is 0 Å². The molecule has 1 amide bonds. The Bertz CT molecular complexity index is 622. The van der Waals surface area contributed by atoms with Gasteiger partial charge in [-0.15, -0.1) is 0 Å². The number of piperidine rings is 1. The van der Waals surface area contributed by atoms with Gasteiger partial charge in [-0.05, 0) is 25.0 Å². The van der Waals surface area contributed by atoms with Crippen molar-refractivity contribution in [2.75, 3.05) is 26.4 Å². The minimum absolute atomic E-state index is 0.0297. The van der Waals surface area contributed by atoms with Gasteiger partial charge in [0.25, 0.3) is 5.91 Å². The molecule has 1 fully saturated rings. The Morgan fingerprint density at radius 3 is 2.38 bits per heavy atom. The number of benzene rings is 1. The Morgan fingerprint density at radius 2 is 1.86 bits per heavy atom. The number of aromatic hydroxyl groups is 1. The molecule has 1 aliphatic heterocycles. The third-order valence-electron chi connectivity index (χ3n) is 3.92. The van der Waals surface area contributed by atoms with Gasteiger partial charge in [0.1, 0.15) is 5.75 Å². The lowest BCUT2D eigenvalue weighted by molar-refractivity contribution is 0.0683. The van der Waals surface area contributed by atoms with E-state index < -0.39 is 10.0 Å². The van der Waals surface area contributed by atoms with Gasteiger partial charge in [0.05, 0.1) is 11.8 Å². The predicted octanol–water partition coefficient (Wildman–Crippen LogP) is 0.888. The molecule has 1 aromatic carbocycles. The van der Waals surface area contributed by atoms with Crippen LogP contribution in [0.4, 0.5) is 0 Å². The lowest BCUT2D eigenvalue weighted by atomic mass is 10.0. The van der Waals surface area contributed by atoms with Crippen LogP contribution >= 0.6 is 0 Å². The summed E-state index contributed by atoms with van der Waals surface area (Å²) in [5.41, 5.74) is 0.285. The van der Waals surface area contributed by atoms with Crippen molar-refractivity contribution in [3.8, 4) is 5.75 Å². The number of phenolic OH excluding ortho intramolecular Hbond substituents is 1. The number of phenols is 1. The molecule has 116 valence electrons. The van der Waals surface area contributed by atoms with Crippen LogP contribution in [0.15, 0.2) is 24.3 Å². The minimum atomic E-state index is -3.21. The van der Waals surface area contributed by atoms with E-state index in [1.54, 1.807) is 30.1 Å². The van der Waals surface area contributed by atoms with Crippen LogP contribution in [0.5, 0.6) is 5.75 Å². The maximum atomic E-state index is 12.3. The largest absolute Gasteiger partial charge is 0.507 e. The maximum absolute atomic E-state index is 12.3. The molecule has 2 rings (SSSR count). The number of para-hydroxylation sites is 1. The summed E-state index contributed by atoms with van der Waals surface area (Å²) in [5.74, 6) is -0.244. The first kappa shape index (κ1) is 15.8. The van der Waals surface area contributed by atoms with Gasteiger partial charge < -0.3 is 10.0 Å². The van der Waals surface area contributed by atoms with Gasteiger partial charge in [-0.3, -0.25) is 4.79 Å². The molecule has 7 heteroatoms. The highest BCUT2D eigenvalue weighted by molar-refractivity contribution is 7.88. The molecule has 0 unspecified atom stereocenters. The molecule has 0 saturated carbocycles. The number of likely N-dealkylation sites (tertiary alicyclic amines) is 1.